The molecule has 1 N–H and O–H groups in total. The van der Waals surface area contributed by atoms with E-state index in [0.717, 1.165) is 93.0 Å². The summed E-state index contributed by atoms with van der Waals surface area (Å²) in [5.74, 6) is 4.02. The third-order valence-electron chi connectivity index (χ3n) is 10.2. The van der Waals surface area contributed by atoms with E-state index >= 15 is 0 Å². The molecule has 9 heteroatoms. The van der Waals surface area contributed by atoms with E-state index < -0.39 is 0 Å². The molecular formula is C30H36N6O3. The van der Waals surface area contributed by atoms with E-state index in [1.54, 1.807) is 0 Å². The average Bonchev–Trinajstić information content (AvgIpc) is 3.94. The van der Waals surface area contributed by atoms with Crippen LogP contribution in [0.15, 0.2) is 33.3 Å². The van der Waals surface area contributed by atoms with Gasteiger partial charge in [-0.25, -0.2) is 4.79 Å². The molecule has 9 rings (SSSR count). The van der Waals surface area contributed by atoms with Crippen molar-refractivity contribution in [2.45, 2.75) is 107 Å². The smallest absolute Gasteiger partial charge is 0.322 e. The van der Waals surface area contributed by atoms with Crippen LogP contribution in [0, 0.1) is 5.41 Å². The minimum absolute atomic E-state index is 0.00755. The van der Waals surface area contributed by atoms with Crippen LogP contribution in [-0.2, 0) is 5.41 Å². The van der Waals surface area contributed by atoms with Crippen molar-refractivity contribution >= 4 is 11.7 Å². The van der Waals surface area contributed by atoms with E-state index in [1.165, 1.54) is 12.8 Å². The number of amides is 2. The summed E-state index contributed by atoms with van der Waals surface area (Å²) in [5, 5.41) is 11.8. The summed E-state index contributed by atoms with van der Waals surface area (Å²) in [6, 6.07) is 8.02. The van der Waals surface area contributed by atoms with Gasteiger partial charge in [-0.05, 0) is 108 Å². The largest absolute Gasteiger partial charge is 0.339 e. The molecule has 6 saturated carbocycles. The van der Waals surface area contributed by atoms with Gasteiger partial charge in [0.25, 0.3) is 5.89 Å². The Hall–Kier alpha value is -3.23. The van der Waals surface area contributed by atoms with Gasteiger partial charge in [0.15, 0.2) is 11.6 Å². The van der Waals surface area contributed by atoms with Gasteiger partial charge in [-0.15, -0.1) is 0 Å². The second-order valence-electron chi connectivity index (χ2n) is 13.4. The molecule has 9 nitrogen and oxygen atoms in total. The van der Waals surface area contributed by atoms with Crippen molar-refractivity contribution in [3.63, 3.8) is 0 Å². The fourth-order valence-corrected chi connectivity index (χ4v) is 6.70. The summed E-state index contributed by atoms with van der Waals surface area (Å²) < 4.78 is 11.4. The van der Waals surface area contributed by atoms with Crippen LogP contribution in [0.25, 0.3) is 11.5 Å². The highest BCUT2D eigenvalue weighted by atomic mass is 16.5. The Labute approximate surface area is 228 Å². The van der Waals surface area contributed by atoms with Crippen molar-refractivity contribution in [3.8, 4) is 11.5 Å². The summed E-state index contributed by atoms with van der Waals surface area (Å²) in [6.45, 7) is 2.83. The van der Waals surface area contributed by atoms with Crippen molar-refractivity contribution in [1.82, 2.24) is 25.6 Å². The minimum atomic E-state index is -0.0955. The number of rotatable bonds is 8. The van der Waals surface area contributed by atoms with Crippen LogP contribution < -0.4 is 10.2 Å². The van der Waals surface area contributed by atoms with Gasteiger partial charge in [-0.1, -0.05) is 16.4 Å². The molecule has 1 aromatic carbocycles. The highest BCUT2D eigenvalue weighted by Crippen LogP contribution is 2.58. The maximum Gasteiger partial charge on any atom is 0.322 e. The lowest BCUT2D eigenvalue weighted by Crippen LogP contribution is -2.53. The number of anilines is 1. The van der Waals surface area contributed by atoms with Gasteiger partial charge < -0.3 is 14.4 Å². The topological polar surface area (TPSA) is 110 Å². The third kappa shape index (κ3) is 4.34. The van der Waals surface area contributed by atoms with Crippen LogP contribution >= 0.6 is 0 Å². The maximum atomic E-state index is 13.8. The zero-order valence-electron chi connectivity index (χ0n) is 22.6. The van der Waals surface area contributed by atoms with Crippen molar-refractivity contribution < 1.29 is 13.8 Å². The molecule has 0 atom stereocenters. The standard InChI is InChI=1S/C30H36N6O3/c1-28(9-10-28)33-27(37)36(22-4-2-3-21(17-22)25-31-23(34-38-25)19-5-6-19)18-29-11-14-30(15-12-29,16-13-29)26-32-24(35-39-26)20-7-8-20/h2-4,17,19-20H,5-16,18H2,1H3,(H,33,37). The lowest BCUT2D eigenvalue weighted by molar-refractivity contribution is 0.0288. The first-order chi connectivity index (χ1) is 18.9. The predicted molar refractivity (Wildman–Crippen MR) is 143 cm³/mol. The quantitative estimate of drug-likeness (QED) is 0.369. The van der Waals surface area contributed by atoms with Crippen molar-refractivity contribution in [1.29, 1.82) is 0 Å². The van der Waals surface area contributed by atoms with E-state index in [-0.39, 0.29) is 22.4 Å². The van der Waals surface area contributed by atoms with E-state index in [2.05, 4.69) is 27.5 Å². The Bertz CT molecular complexity index is 1390. The van der Waals surface area contributed by atoms with Crippen LogP contribution in [-0.4, -0.2) is 38.4 Å². The molecule has 2 amide bonds. The Balaban J connectivity index is 1.05. The number of carbonyl (C=O) groups is 1. The zero-order chi connectivity index (χ0) is 26.2. The summed E-state index contributed by atoms with van der Waals surface area (Å²) in [5.41, 5.74) is 1.73. The van der Waals surface area contributed by atoms with Crippen molar-refractivity contribution in [3.05, 3.63) is 41.8 Å². The molecule has 0 saturated heterocycles. The maximum absolute atomic E-state index is 13.8. The van der Waals surface area contributed by atoms with Crippen LogP contribution in [0.3, 0.4) is 0 Å². The second-order valence-corrected chi connectivity index (χ2v) is 13.4. The average molecular weight is 529 g/mol. The van der Waals surface area contributed by atoms with Crippen LogP contribution in [0.4, 0.5) is 10.5 Å². The van der Waals surface area contributed by atoms with Gasteiger partial charge in [0.05, 0.1) is 0 Å². The van der Waals surface area contributed by atoms with Gasteiger partial charge in [0.1, 0.15) is 0 Å². The lowest BCUT2D eigenvalue weighted by Gasteiger charge is -2.53. The van der Waals surface area contributed by atoms with E-state index in [4.69, 9.17) is 14.0 Å². The van der Waals surface area contributed by atoms with E-state index in [0.29, 0.717) is 24.3 Å². The van der Waals surface area contributed by atoms with Crippen LogP contribution in [0.2, 0.25) is 0 Å². The monoisotopic (exact) mass is 528 g/mol. The fraction of sp³-hybridized carbons (Fsp3) is 0.633. The molecule has 0 radical (unpaired) electrons. The fourth-order valence-electron chi connectivity index (χ4n) is 6.70. The Morgan fingerprint density at radius 2 is 1.59 bits per heavy atom. The van der Waals surface area contributed by atoms with Gasteiger partial charge in [-0.3, -0.25) is 4.90 Å². The molecule has 39 heavy (non-hydrogen) atoms. The molecular weight excluding hydrogens is 492 g/mol. The molecule has 2 heterocycles. The van der Waals surface area contributed by atoms with Crippen molar-refractivity contribution in [2.75, 3.05) is 11.4 Å². The van der Waals surface area contributed by atoms with Gasteiger partial charge in [0, 0.05) is 40.6 Å². The number of nitrogens with zero attached hydrogens (tertiary/aromatic N) is 5. The molecule has 204 valence electrons. The Morgan fingerprint density at radius 1 is 0.923 bits per heavy atom. The Kier molecular flexibility index (Phi) is 5.08. The number of benzene rings is 1. The summed E-state index contributed by atoms with van der Waals surface area (Å²) in [7, 11) is 0. The first-order valence-electron chi connectivity index (χ1n) is 14.8. The number of aromatic nitrogens is 4. The van der Waals surface area contributed by atoms with Crippen LogP contribution in [0.1, 0.15) is 113 Å². The highest BCUT2D eigenvalue weighted by Gasteiger charge is 2.53. The Morgan fingerprint density at radius 3 is 2.26 bits per heavy atom. The van der Waals surface area contributed by atoms with Gasteiger partial charge in [-0.2, -0.15) is 9.97 Å². The SMILES string of the molecule is CC1(NC(=O)N(CC23CCC(c4nc(C5CC5)no4)(CC2)CC3)c2cccc(-c3nc(C4CC4)no3)c2)CC1. The van der Waals surface area contributed by atoms with Gasteiger partial charge in [0.2, 0.25) is 5.89 Å². The summed E-state index contributed by atoms with van der Waals surface area (Å²) >= 11 is 0. The van der Waals surface area contributed by atoms with E-state index in [9.17, 15) is 4.79 Å². The summed E-state index contributed by atoms with van der Waals surface area (Å²) in [4.78, 5) is 25.3. The molecule has 3 aromatic rings. The number of fused-ring (bicyclic) bond motifs is 3. The zero-order valence-corrected chi connectivity index (χ0v) is 22.6. The van der Waals surface area contributed by atoms with Crippen molar-refractivity contribution in [2.24, 2.45) is 5.41 Å². The number of nitrogens with one attached hydrogen (secondary N) is 1. The molecule has 2 aromatic heterocycles. The normalized spacial score (nSPS) is 28.8. The molecule has 0 aliphatic heterocycles. The molecule has 0 spiro atoms. The first kappa shape index (κ1) is 23.6. The molecule has 6 aliphatic carbocycles. The lowest BCUT2D eigenvalue weighted by atomic mass is 9.53. The highest BCUT2D eigenvalue weighted by molar-refractivity contribution is 5.93. The summed E-state index contributed by atoms with van der Waals surface area (Å²) in [6.07, 6.45) is 13.0. The van der Waals surface area contributed by atoms with Crippen LogP contribution in [0.5, 0.6) is 0 Å². The molecule has 6 fully saturated rings. The molecule has 2 bridgehead atoms. The number of hydrogen-bond acceptors (Lipinski definition) is 7. The minimum Gasteiger partial charge on any atom is -0.339 e. The van der Waals surface area contributed by atoms with E-state index in [1.807, 2.05) is 29.2 Å². The molecule has 0 unspecified atom stereocenters. The van der Waals surface area contributed by atoms with Gasteiger partial charge >= 0.3 is 6.03 Å². The number of urea groups is 1. The first-order valence-corrected chi connectivity index (χ1v) is 14.8. The molecule has 6 aliphatic rings. The second kappa shape index (κ2) is 8.38. The number of carbonyl (C=O) groups excluding carboxylic acids is 1. The predicted octanol–water partition coefficient (Wildman–Crippen LogP) is 6.24. The number of hydrogen-bond donors (Lipinski definition) is 1. The third-order valence-corrected chi connectivity index (χ3v) is 10.2.